The van der Waals surface area contributed by atoms with Gasteiger partial charge in [0.05, 0.1) is 17.0 Å². The summed E-state index contributed by atoms with van der Waals surface area (Å²) in [6.07, 6.45) is 3.76. The second kappa shape index (κ2) is 4.80. The largest absolute Gasteiger partial charge is 0.472 e. The standard InChI is InChI=1S/C12H11BrFNO/c13-12-8(2-1-3-10(12)14)6-11(15)9-4-5-16-7-9/h1-5,7,11H,6,15H2. The number of nitrogens with two attached hydrogens (primary N) is 1. The Labute approximate surface area is 101 Å². The van der Waals surface area contributed by atoms with Gasteiger partial charge in [0.1, 0.15) is 5.82 Å². The van der Waals surface area contributed by atoms with Crippen LogP contribution in [0.2, 0.25) is 0 Å². The molecule has 2 nitrogen and oxygen atoms in total. The molecule has 2 aromatic rings. The van der Waals surface area contributed by atoms with E-state index in [4.69, 9.17) is 10.2 Å². The van der Waals surface area contributed by atoms with E-state index in [1.807, 2.05) is 12.1 Å². The van der Waals surface area contributed by atoms with Crippen LogP contribution in [0, 0.1) is 5.82 Å². The van der Waals surface area contributed by atoms with Gasteiger partial charge in [0, 0.05) is 11.6 Å². The van der Waals surface area contributed by atoms with Crippen molar-refractivity contribution in [2.24, 2.45) is 5.73 Å². The first-order valence-electron chi connectivity index (χ1n) is 4.89. The molecule has 0 saturated heterocycles. The Kier molecular flexibility index (Phi) is 3.41. The lowest BCUT2D eigenvalue weighted by atomic mass is 10.0. The van der Waals surface area contributed by atoms with Gasteiger partial charge in [-0.2, -0.15) is 0 Å². The van der Waals surface area contributed by atoms with Crippen LogP contribution in [0.25, 0.3) is 0 Å². The Hall–Kier alpha value is -1.13. The van der Waals surface area contributed by atoms with Crippen LogP contribution in [-0.4, -0.2) is 0 Å². The molecule has 16 heavy (non-hydrogen) atoms. The van der Waals surface area contributed by atoms with Gasteiger partial charge in [-0.1, -0.05) is 12.1 Å². The van der Waals surface area contributed by atoms with Crippen molar-refractivity contribution in [1.82, 2.24) is 0 Å². The molecule has 0 saturated carbocycles. The molecule has 1 aromatic carbocycles. The van der Waals surface area contributed by atoms with E-state index in [0.717, 1.165) is 11.1 Å². The lowest BCUT2D eigenvalue weighted by Gasteiger charge is -2.11. The zero-order valence-electron chi connectivity index (χ0n) is 8.49. The molecule has 84 valence electrons. The van der Waals surface area contributed by atoms with Crippen LogP contribution >= 0.6 is 15.9 Å². The van der Waals surface area contributed by atoms with Crippen LogP contribution in [0.1, 0.15) is 17.2 Å². The molecule has 0 amide bonds. The highest BCUT2D eigenvalue weighted by atomic mass is 79.9. The Morgan fingerprint density at radius 3 is 2.88 bits per heavy atom. The SMILES string of the molecule is NC(Cc1cccc(F)c1Br)c1ccoc1. The van der Waals surface area contributed by atoms with E-state index < -0.39 is 0 Å². The summed E-state index contributed by atoms with van der Waals surface area (Å²) in [5, 5.41) is 0. The van der Waals surface area contributed by atoms with E-state index in [0.29, 0.717) is 10.9 Å². The quantitative estimate of drug-likeness (QED) is 0.938. The average molecular weight is 284 g/mol. The molecule has 2 rings (SSSR count). The van der Waals surface area contributed by atoms with Gasteiger partial charge in [-0.3, -0.25) is 0 Å². The van der Waals surface area contributed by atoms with Crippen molar-refractivity contribution in [3.8, 4) is 0 Å². The monoisotopic (exact) mass is 283 g/mol. The highest BCUT2D eigenvalue weighted by molar-refractivity contribution is 9.10. The zero-order valence-corrected chi connectivity index (χ0v) is 10.1. The molecule has 1 heterocycles. The molecule has 1 atom stereocenters. The number of hydrogen-bond acceptors (Lipinski definition) is 2. The fraction of sp³-hybridized carbons (Fsp3) is 0.167. The van der Waals surface area contributed by atoms with Gasteiger partial charge in [-0.25, -0.2) is 4.39 Å². The molecule has 0 aliphatic carbocycles. The number of rotatable bonds is 3. The van der Waals surface area contributed by atoms with Crippen molar-refractivity contribution in [3.63, 3.8) is 0 Å². The van der Waals surface area contributed by atoms with E-state index in [2.05, 4.69) is 15.9 Å². The fourth-order valence-electron chi connectivity index (χ4n) is 1.55. The Morgan fingerprint density at radius 1 is 1.38 bits per heavy atom. The highest BCUT2D eigenvalue weighted by Crippen LogP contribution is 2.25. The number of furan rings is 1. The van der Waals surface area contributed by atoms with Gasteiger partial charge in [-0.15, -0.1) is 0 Å². The second-order valence-corrected chi connectivity index (χ2v) is 4.37. The molecule has 0 aliphatic heterocycles. The van der Waals surface area contributed by atoms with E-state index in [-0.39, 0.29) is 11.9 Å². The first-order chi connectivity index (χ1) is 7.68. The summed E-state index contributed by atoms with van der Waals surface area (Å²) < 4.78 is 18.7. The van der Waals surface area contributed by atoms with Crippen molar-refractivity contribution in [1.29, 1.82) is 0 Å². The molecule has 1 unspecified atom stereocenters. The van der Waals surface area contributed by atoms with Crippen LogP contribution in [-0.2, 0) is 6.42 Å². The van der Waals surface area contributed by atoms with Crippen molar-refractivity contribution in [2.75, 3.05) is 0 Å². The summed E-state index contributed by atoms with van der Waals surface area (Å²) in [6.45, 7) is 0. The smallest absolute Gasteiger partial charge is 0.137 e. The minimum atomic E-state index is -0.267. The van der Waals surface area contributed by atoms with E-state index in [1.165, 1.54) is 6.07 Å². The second-order valence-electron chi connectivity index (χ2n) is 3.58. The van der Waals surface area contributed by atoms with Crippen LogP contribution in [0.15, 0.2) is 45.7 Å². The molecule has 4 heteroatoms. The third-order valence-corrected chi connectivity index (χ3v) is 3.33. The first-order valence-corrected chi connectivity index (χ1v) is 5.68. The Balaban J connectivity index is 2.18. The molecule has 0 fully saturated rings. The minimum absolute atomic E-state index is 0.183. The van der Waals surface area contributed by atoms with Crippen LogP contribution in [0.4, 0.5) is 4.39 Å². The molecular formula is C12H11BrFNO. The van der Waals surface area contributed by atoms with Crippen LogP contribution < -0.4 is 5.73 Å². The highest BCUT2D eigenvalue weighted by Gasteiger charge is 2.12. The van der Waals surface area contributed by atoms with Gasteiger partial charge in [0.25, 0.3) is 0 Å². The van der Waals surface area contributed by atoms with Gasteiger partial charge in [0.2, 0.25) is 0 Å². The average Bonchev–Trinajstić information content (AvgIpc) is 2.78. The van der Waals surface area contributed by atoms with Crippen LogP contribution in [0.5, 0.6) is 0 Å². The molecule has 1 aromatic heterocycles. The molecule has 2 N–H and O–H groups in total. The number of halogens is 2. The predicted octanol–water partition coefficient (Wildman–Crippen LogP) is 3.42. The molecular weight excluding hydrogens is 273 g/mol. The maximum Gasteiger partial charge on any atom is 0.137 e. The van der Waals surface area contributed by atoms with Crippen molar-refractivity contribution >= 4 is 15.9 Å². The van der Waals surface area contributed by atoms with E-state index >= 15 is 0 Å². The normalized spacial score (nSPS) is 12.7. The molecule has 0 radical (unpaired) electrons. The summed E-state index contributed by atoms with van der Waals surface area (Å²) in [5.74, 6) is -0.267. The number of hydrogen-bond donors (Lipinski definition) is 1. The maximum absolute atomic E-state index is 13.3. The van der Waals surface area contributed by atoms with Crippen LogP contribution in [0.3, 0.4) is 0 Å². The predicted molar refractivity (Wildman–Crippen MR) is 63.4 cm³/mol. The minimum Gasteiger partial charge on any atom is -0.472 e. The van der Waals surface area contributed by atoms with Gasteiger partial charge >= 0.3 is 0 Å². The van der Waals surface area contributed by atoms with Crippen molar-refractivity contribution in [3.05, 3.63) is 58.2 Å². The van der Waals surface area contributed by atoms with Gasteiger partial charge < -0.3 is 10.2 Å². The maximum atomic E-state index is 13.3. The molecule has 0 bridgehead atoms. The van der Waals surface area contributed by atoms with E-state index in [9.17, 15) is 4.39 Å². The third kappa shape index (κ3) is 2.33. The summed E-state index contributed by atoms with van der Waals surface area (Å²) in [7, 11) is 0. The van der Waals surface area contributed by atoms with E-state index in [1.54, 1.807) is 18.6 Å². The zero-order chi connectivity index (χ0) is 11.5. The third-order valence-electron chi connectivity index (χ3n) is 2.44. The topological polar surface area (TPSA) is 39.2 Å². The lowest BCUT2D eigenvalue weighted by molar-refractivity contribution is 0.558. The summed E-state index contributed by atoms with van der Waals surface area (Å²) in [4.78, 5) is 0. The summed E-state index contributed by atoms with van der Waals surface area (Å²) >= 11 is 3.22. The van der Waals surface area contributed by atoms with Gasteiger partial charge in [0.15, 0.2) is 0 Å². The Bertz CT molecular complexity index is 470. The lowest BCUT2D eigenvalue weighted by Crippen LogP contribution is -2.12. The summed E-state index contributed by atoms with van der Waals surface area (Å²) in [5.41, 5.74) is 7.76. The number of benzene rings is 1. The van der Waals surface area contributed by atoms with Crippen molar-refractivity contribution in [2.45, 2.75) is 12.5 Å². The van der Waals surface area contributed by atoms with Crippen molar-refractivity contribution < 1.29 is 8.81 Å². The Morgan fingerprint density at radius 2 is 2.19 bits per heavy atom. The molecule has 0 aliphatic rings. The first kappa shape index (κ1) is 11.4. The molecule has 0 spiro atoms. The fourth-order valence-corrected chi connectivity index (χ4v) is 1.97. The van der Waals surface area contributed by atoms with Gasteiger partial charge in [-0.05, 0) is 40.0 Å². The summed E-state index contributed by atoms with van der Waals surface area (Å²) in [6, 6.07) is 6.58.